The molecular formula is H3ClINaO5. The van der Waals surface area contributed by atoms with Gasteiger partial charge in [0.25, 0.3) is 0 Å². The Hall–Kier alpha value is 1.82. The molecule has 0 bridgehead atoms. The van der Waals surface area contributed by atoms with Gasteiger partial charge in [-0.05, 0) is 0 Å². The van der Waals surface area contributed by atoms with Gasteiger partial charge in [0.15, 0.2) is 0 Å². The molecule has 5 nitrogen and oxygen atoms in total. The summed E-state index contributed by atoms with van der Waals surface area (Å²) in [5.74, 6) is 0. The maximum absolute atomic E-state index is 8.73. The zero-order chi connectivity index (χ0) is 4.50. The van der Waals surface area contributed by atoms with Crippen LogP contribution in [0.4, 0.5) is 0 Å². The van der Waals surface area contributed by atoms with Crippen molar-refractivity contribution in [3.05, 3.63) is 0 Å². The van der Waals surface area contributed by atoms with Crippen LogP contribution in [0.25, 0.3) is 0 Å². The van der Waals surface area contributed by atoms with Crippen LogP contribution in [0.5, 0.6) is 0 Å². The van der Waals surface area contributed by atoms with E-state index >= 15 is 0 Å². The first-order chi connectivity index (χ1) is 2.00. The minimum Gasteiger partial charge on any atom is -1.00 e. The van der Waals surface area contributed by atoms with Crippen LogP contribution < -0.4 is 72.4 Å². The molecule has 0 aliphatic heterocycles. The molecule has 0 aliphatic rings. The van der Waals surface area contributed by atoms with Crippen molar-refractivity contribution >= 4 is 0 Å². The van der Waals surface area contributed by atoms with Gasteiger partial charge in [0.1, 0.15) is 0 Å². The van der Waals surface area contributed by atoms with Gasteiger partial charge in [-0.1, -0.05) is 0 Å². The van der Waals surface area contributed by atoms with Crippen molar-refractivity contribution in [3.63, 3.8) is 0 Å². The molecule has 8 heavy (non-hydrogen) atoms. The topological polar surface area (TPSA) is 121 Å². The van der Waals surface area contributed by atoms with E-state index in [1.165, 1.54) is 0 Å². The summed E-state index contributed by atoms with van der Waals surface area (Å²) in [6.07, 6.45) is 0. The van der Waals surface area contributed by atoms with E-state index in [1.807, 2.05) is 0 Å². The smallest absolute Gasteiger partial charge is 1.00 e. The van der Waals surface area contributed by atoms with Crippen LogP contribution in [0.3, 0.4) is 0 Å². The molecule has 0 unspecified atom stereocenters. The molecule has 48 valence electrons. The minimum atomic E-state index is -5.69. The molecule has 0 aromatic heterocycles. The van der Waals surface area contributed by atoms with Crippen molar-refractivity contribution in [2.45, 2.75) is 0 Å². The quantitative estimate of drug-likeness (QED) is 0.346. The van der Waals surface area contributed by atoms with Gasteiger partial charge in [0.2, 0.25) is 0 Å². The van der Waals surface area contributed by atoms with Gasteiger partial charge >= 0.3 is 49.7 Å². The summed E-state index contributed by atoms with van der Waals surface area (Å²) in [5, 5.41) is 0. The van der Waals surface area contributed by atoms with Crippen LogP contribution in [0.2, 0.25) is 0 Å². The fourth-order valence-electron chi connectivity index (χ4n) is 0. The van der Waals surface area contributed by atoms with Crippen molar-refractivity contribution in [2.75, 3.05) is 0 Å². The molecule has 0 radical (unpaired) electrons. The van der Waals surface area contributed by atoms with Gasteiger partial charge in [-0.2, -0.15) is 0 Å². The number of hydrogen-bond donors (Lipinski definition) is 1. The first kappa shape index (κ1) is 22.6. The average molecular weight is 268 g/mol. The van der Waals surface area contributed by atoms with Gasteiger partial charge in [-0.15, -0.1) is 0 Å². The second-order valence-corrected chi connectivity index (χ2v) is 2.66. The number of rotatable bonds is 0. The number of halogens is 2. The molecule has 0 heterocycles. The fraction of sp³-hybridized carbons (Fsp3) is 0. The van der Waals surface area contributed by atoms with Crippen LogP contribution in [-0.2, 0) is 0 Å². The van der Waals surface area contributed by atoms with Crippen molar-refractivity contribution in [3.8, 4) is 0 Å². The third-order valence-corrected chi connectivity index (χ3v) is 0. The van der Waals surface area contributed by atoms with Crippen molar-refractivity contribution in [2.24, 2.45) is 0 Å². The molecule has 0 amide bonds. The minimum absolute atomic E-state index is 0. The molecule has 0 saturated carbocycles. The molecule has 0 aromatic carbocycles. The van der Waals surface area contributed by atoms with E-state index in [-0.39, 0.29) is 47.4 Å². The summed E-state index contributed by atoms with van der Waals surface area (Å²) < 4.78 is 33.2. The second-order valence-electron chi connectivity index (χ2n) is 0.396. The number of hydrogen-bond acceptors (Lipinski definition) is 4. The Labute approximate surface area is 80.4 Å². The molecule has 0 fully saturated rings. The van der Waals surface area contributed by atoms with Gasteiger partial charge in [0, 0.05) is 3.44 Å². The maximum atomic E-state index is 8.73. The summed E-state index contributed by atoms with van der Waals surface area (Å²) in [5.41, 5.74) is 0. The molecular weight excluding hydrogens is 265 g/mol. The maximum Gasteiger partial charge on any atom is 1.00 e. The largest absolute Gasteiger partial charge is 1.00 e. The molecule has 3 N–H and O–H groups in total. The Morgan fingerprint density at radius 3 is 1.12 bits per heavy atom. The van der Waals surface area contributed by atoms with E-state index in [0.29, 0.717) is 0 Å². The fourth-order valence-corrected chi connectivity index (χ4v) is 0. The monoisotopic (exact) mass is 268 g/mol. The van der Waals surface area contributed by atoms with Crippen LogP contribution in [0.15, 0.2) is 0 Å². The molecule has 8 heteroatoms. The van der Waals surface area contributed by atoms with Crippen molar-refractivity contribution in [1.82, 2.24) is 0 Å². The normalized spacial score (nSPS) is 7.50. The van der Waals surface area contributed by atoms with Crippen LogP contribution >= 0.6 is 0 Å². The standard InChI is InChI=1S/ClH.HIO4.Na.H2O/c;2-1(3,4)5;;/h1H;2H;;1H2/q;;+1;/p-1. The summed E-state index contributed by atoms with van der Waals surface area (Å²) in [4.78, 5) is 0. The Bertz CT molecular complexity index is 27.9. The van der Waals surface area contributed by atoms with Crippen LogP contribution in [0.1, 0.15) is 0 Å². The average Bonchev–Trinajstić information content (AvgIpc) is 0.722. The third-order valence-electron chi connectivity index (χ3n) is 0. The summed E-state index contributed by atoms with van der Waals surface area (Å²) in [6, 6.07) is 0. The third kappa shape index (κ3) is 110. The predicted octanol–water partition coefficient (Wildman–Crippen LogP) is -13.9. The summed E-state index contributed by atoms with van der Waals surface area (Å²) in [6.45, 7) is 0. The van der Waals surface area contributed by atoms with E-state index < -0.39 is 20.1 Å². The van der Waals surface area contributed by atoms with E-state index in [0.717, 1.165) is 0 Å². The summed E-state index contributed by atoms with van der Waals surface area (Å²) in [7, 11) is 0. The first-order valence-electron chi connectivity index (χ1n) is 0.632. The first-order valence-corrected chi connectivity index (χ1v) is 4.24. The summed E-state index contributed by atoms with van der Waals surface area (Å²) >= 11 is -5.69. The zero-order valence-corrected chi connectivity index (χ0v) is 8.84. The van der Waals surface area contributed by atoms with Crippen LogP contribution in [0, 0.1) is 0 Å². The predicted molar refractivity (Wildman–Crippen MR) is 5.83 cm³/mol. The van der Waals surface area contributed by atoms with Gasteiger partial charge < -0.3 is 17.9 Å². The van der Waals surface area contributed by atoms with Crippen molar-refractivity contribution in [1.29, 1.82) is 0 Å². The van der Waals surface area contributed by atoms with Gasteiger partial charge in [-0.3, -0.25) is 10.3 Å². The van der Waals surface area contributed by atoms with E-state index in [1.54, 1.807) is 0 Å². The SMILES string of the molecule is O.[Cl-].[Na+].[O-][I+3]([O-])([O-])O. The molecule has 0 rings (SSSR count). The Morgan fingerprint density at radius 2 is 1.12 bits per heavy atom. The van der Waals surface area contributed by atoms with Crippen LogP contribution in [-0.4, -0.2) is 8.91 Å². The molecule has 0 atom stereocenters. The molecule has 0 aliphatic carbocycles. The molecule has 0 spiro atoms. The van der Waals surface area contributed by atoms with Gasteiger partial charge in [-0.25, -0.2) is 0 Å². The van der Waals surface area contributed by atoms with Crippen molar-refractivity contribution < 1.29 is 81.3 Å². The molecule has 0 aromatic rings. The van der Waals surface area contributed by atoms with E-state index in [9.17, 15) is 0 Å². The molecule has 0 saturated heterocycles. The Kier molecular flexibility index (Phi) is 24.9. The Morgan fingerprint density at radius 1 is 1.12 bits per heavy atom. The van der Waals surface area contributed by atoms with E-state index in [4.69, 9.17) is 13.7 Å². The second kappa shape index (κ2) is 8.82. The zero-order valence-electron chi connectivity index (χ0n) is 3.93. The van der Waals surface area contributed by atoms with Gasteiger partial charge in [0.05, 0.1) is 0 Å². The van der Waals surface area contributed by atoms with E-state index in [2.05, 4.69) is 0 Å². The Balaban J connectivity index is -0.0000000267.